The van der Waals surface area contributed by atoms with Crippen molar-refractivity contribution in [1.29, 1.82) is 0 Å². The first kappa shape index (κ1) is 20.3. The molecule has 0 aliphatic heterocycles. The quantitative estimate of drug-likeness (QED) is 0.720. The predicted molar refractivity (Wildman–Crippen MR) is 101 cm³/mol. The van der Waals surface area contributed by atoms with Crippen LogP contribution >= 0.6 is 0 Å². The van der Waals surface area contributed by atoms with Gasteiger partial charge in [-0.05, 0) is 23.8 Å². The number of esters is 1. The van der Waals surface area contributed by atoms with Crippen molar-refractivity contribution in [2.45, 2.75) is 64.5 Å². The van der Waals surface area contributed by atoms with Gasteiger partial charge in [0, 0.05) is 0 Å². The number of rotatable bonds is 7. The van der Waals surface area contributed by atoms with Crippen LogP contribution < -0.4 is 5.32 Å². The highest BCUT2D eigenvalue weighted by Gasteiger charge is 2.28. The molecule has 1 aromatic rings. The maximum Gasteiger partial charge on any atom is 0.408 e. The van der Waals surface area contributed by atoms with Gasteiger partial charge in [0.1, 0.15) is 12.1 Å². The second-order valence-corrected chi connectivity index (χ2v) is 7.44. The molecule has 0 bridgehead atoms. The Morgan fingerprint density at radius 2 is 1.77 bits per heavy atom. The topological polar surface area (TPSA) is 64.6 Å². The smallest absolute Gasteiger partial charge is 0.408 e. The van der Waals surface area contributed by atoms with Gasteiger partial charge < -0.3 is 14.8 Å². The van der Waals surface area contributed by atoms with Crippen LogP contribution in [0.15, 0.2) is 30.3 Å². The van der Waals surface area contributed by atoms with Crippen molar-refractivity contribution in [3.8, 4) is 0 Å². The summed E-state index contributed by atoms with van der Waals surface area (Å²) in [5.41, 5.74) is 0.944. The number of amides is 1. The maximum absolute atomic E-state index is 12.5. The van der Waals surface area contributed by atoms with Crippen molar-refractivity contribution in [3.05, 3.63) is 35.9 Å². The summed E-state index contributed by atoms with van der Waals surface area (Å²) in [4.78, 5) is 24.6. The van der Waals surface area contributed by atoms with Gasteiger partial charge in [-0.3, -0.25) is 0 Å². The number of benzene rings is 1. The number of hydrogen-bond donors (Lipinski definition) is 1. The van der Waals surface area contributed by atoms with E-state index in [1.54, 1.807) is 0 Å². The van der Waals surface area contributed by atoms with Gasteiger partial charge in [0.25, 0.3) is 0 Å². The Hall–Kier alpha value is -2.04. The molecule has 1 fully saturated rings. The fourth-order valence-corrected chi connectivity index (χ4v) is 3.64. The van der Waals surface area contributed by atoms with E-state index in [1.807, 2.05) is 44.2 Å². The summed E-state index contributed by atoms with van der Waals surface area (Å²) < 4.78 is 10.5. The lowest BCUT2D eigenvalue weighted by atomic mass is 9.85. The number of ether oxygens (including phenoxy) is 2. The van der Waals surface area contributed by atoms with E-state index in [0.29, 0.717) is 12.3 Å². The molecule has 1 N–H and O–H groups in total. The van der Waals surface area contributed by atoms with E-state index < -0.39 is 18.1 Å². The first-order chi connectivity index (χ1) is 12.5. The summed E-state index contributed by atoms with van der Waals surface area (Å²) >= 11 is 0. The van der Waals surface area contributed by atoms with E-state index >= 15 is 0 Å². The third-order valence-corrected chi connectivity index (χ3v) is 5.04. The van der Waals surface area contributed by atoms with Gasteiger partial charge in [0.15, 0.2) is 0 Å². The normalized spacial score (nSPS) is 17.4. The molecule has 1 aliphatic carbocycles. The van der Waals surface area contributed by atoms with E-state index in [9.17, 15) is 9.59 Å². The van der Waals surface area contributed by atoms with Gasteiger partial charge in [-0.1, -0.05) is 76.3 Å². The molecule has 1 aromatic carbocycles. The van der Waals surface area contributed by atoms with E-state index in [-0.39, 0.29) is 12.0 Å². The number of hydrogen-bond acceptors (Lipinski definition) is 4. The van der Waals surface area contributed by atoms with Crippen molar-refractivity contribution >= 4 is 12.1 Å². The molecule has 5 nitrogen and oxygen atoms in total. The molecule has 5 heteroatoms. The minimum atomic E-state index is -0.654. The summed E-state index contributed by atoms with van der Waals surface area (Å²) in [5, 5.41) is 2.73. The first-order valence-electron chi connectivity index (χ1n) is 9.61. The number of carbonyl (C=O) groups is 2. The lowest BCUT2D eigenvalue weighted by Crippen LogP contribution is -2.43. The van der Waals surface area contributed by atoms with Crippen molar-refractivity contribution in [3.63, 3.8) is 0 Å². The summed E-state index contributed by atoms with van der Waals surface area (Å²) in [6, 6.07) is 9.01. The third kappa shape index (κ3) is 6.04. The van der Waals surface area contributed by atoms with Crippen LogP contribution in [0.4, 0.5) is 4.79 Å². The molecule has 0 saturated heterocycles. The van der Waals surface area contributed by atoms with Crippen molar-refractivity contribution in [2.24, 2.45) is 11.8 Å². The molecule has 0 aromatic heterocycles. The Kier molecular flexibility index (Phi) is 7.95. The zero-order chi connectivity index (χ0) is 18.9. The average Bonchev–Trinajstić information content (AvgIpc) is 2.66. The number of carbonyl (C=O) groups excluding carboxylic acids is 2. The SMILES string of the molecule is COC(=O)[C@H](CC1CCCCC1)NC(=O)OC(c1ccccc1)C(C)C. The van der Waals surface area contributed by atoms with Gasteiger partial charge in [-0.2, -0.15) is 0 Å². The zero-order valence-electron chi connectivity index (χ0n) is 16.1. The number of nitrogens with one attached hydrogen (secondary N) is 1. The highest BCUT2D eigenvalue weighted by atomic mass is 16.6. The molecular formula is C21H31NO4. The monoisotopic (exact) mass is 361 g/mol. The molecule has 1 unspecified atom stereocenters. The summed E-state index contributed by atoms with van der Waals surface area (Å²) in [6.07, 6.45) is 5.51. The van der Waals surface area contributed by atoms with Crippen LogP contribution in [0.1, 0.15) is 64.0 Å². The first-order valence-corrected chi connectivity index (χ1v) is 9.61. The summed E-state index contributed by atoms with van der Waals surface area (Å²) in [5.74, 6) is 0.162. The Morgan fingerprint density at radius 3 is 2.35 bits per heavy atom. The van der Waals surface area contributed by atoms with Crippen LogP contribution in [-0.4, -0.2) is 25.2 Å². The molecule has 26 heavy (non-hydrogen) atoms. The Bertz CT molecular complexity index is 567. The van der Waals surface area contributed by atoms with E-state index in [2.05, 4.69) is 5.32 Å². The zero-order valence-corrected chi connectivity index (χ0v) is 16.1. The average molecular weight is 361 g/mol. The van der Waals surface area contributed by atoms with Crippen LogP contribution in [0.3, 0.4) is 0 Å². The second-order valence-electron chi connectivity index (χ2n) is 7.44. The molecule has 0 heterocycles. The Morgan fingerprint density at radius 1 is 1.12 bits per heavy atom. The van der Waals surface area contributed by atoms with Gasteiger partial charge >= 0.3 is 12.1 Å². The van der Waals surface area contributed by atoms with Crippen LogP contribution in [0.5, 0.6) is 0 Å². The van der Waals surface area contributed by atoms with Crippen LogP contribution in [-0.2, 0) is 14.3 Å². The lowest BCUT2D eigenvalue weighted by molar-refractivity contribution is -0.143. The summed E-state index contributed by atoms with van der Waals surface area (Å²) in [6.45, 7) is 4.01. The largest absolute Gasteiger partial charge is 0.467 e. The van der Waals surface area contributed by atoms with Gasteiger partial charge in [0.05, 0.1) is 7.11 Å². The van der Waals surface area contributed by atoms with Crippen LogP contribution in [0, 0.1) is 11.8 Å². The number of methoxy groups -OCH3 is 1. The molecule has 1 aliphatic rings. The third-order valence-electron chi connectivity index (χ3n) is 5.04. The lowest BCUT2D eigenvalue weighted by Gasteiger charge is -2.27. The van der Waals surface area contributed by atoms with Gasteiger partial charge in [-0.25, -0.2) is 9.59 Å². The minimum Gasteiger partial charge on any atom is -0.467 e. The van der Waals surface area contributed by atoms with Crippen molar-refractivity contribution < 1.29 is 19.1 Å². The molecule has 2 rings (SSSR count). The summed E-state index contributed by atoms with van der Waals surface area (Å²) in [7, 11) is 1.35. The maximum atomic E-state index is 12.5. The predicted octanol–water partition coefficient (Wildman–Crippen LogP) is 4.62. The van der Waals surface area contributed by atoms with E-state index in [1.165, 1.54) is 26.4 Å². The van der Waals surface area contributed by atoms with E-state index in [0.717, 1.165) is 18.4 Å². The van der Waals surface area contributed by atoms with Gasteiger partial charge in [-0.15, -0.1) is 0 Å². The molecule has 0 radical (unpaired) electrons. The Labute approximate surface area is 156 Å². The van der Waals surface area contributed by atoms with Crippen molar-refractivity contribution in [1.82, 2.24) is 5.32 Å². The minimum absolute atomic E-state index is 0.123. The molecule has 0 spiro atoms. The Balaban J connectivity index is 1.99. The van der Waals surface area contributed by atoms with Crippen molar-refractivity contribution in [2.75, 3.05) is 7.11 Å². The van der Waals surface area contributed by atoms with Gasteiger partial charge in [0.2, 0.25) is 0 Å². The van der Waals surface area contributed by atoms with E-state index in [4.69, 9.17) is 9.47 Å². The number of alkyl carbamates (subject to hydrolysis) is 1. The van der Waals surface area contributed by atoms with Crippen LogP contribution in [0.25, 0.3) is 0 Å². The standard InChI is InChI=1S/C21H31NO4/c1-15(2)19(17-12-8-5-9-13-17)26-21(24)22-18(20(23)25-3)14-16-10-6-4-7-11-16/h5,8-9,12-13,15-16,18-19H,4,6-7,10-11,14H2,1-3H3,(H,22,24)/t18-,19?/m0/s1. The molecule has 2 atom stereocenters. The highest BCUT2D eigenvalue weighted by Crippen LogP contribution is 2.28. The fraction of sp³-hybridized carbons (Fsp3) is 0.619. The molecular weight excluding hydrogens is 330 g/mol. The molecule has 144 valence electrons. The second kappa shape index (κ2) is 10.2. The van der Waals surface area contributed by atoms with Crippen LogP contribution in [0.2, 0.25) is 0 Å². The molecule has 1 amide bonds. The molecule has 1 saturated carbocycles. The fourth-order valence-electron chi connectivity index (χ4n) is 3.64. The highest BCUT2D eigenvalue weighted by molar-refractivity contribution is 5.81.